The Morgan fingerprint density at radius 1 is 1.20 bits per heavy atom. The van der Waals surface area contributed by atoms with Crippen LogP contribution in [-0.4, -0.2) is 43.6 Å². The molecule has 0 unspecified atom stereocenters. The lowest BCUT2D eigenvalue weighted by Gasteiger charge is -2.26. The van der Waals surface area contributed by atoms with Crippen molar-refractivity contribution in [3.8, 4) is 0 Å². The van der Waals surface area contributed by atoms with Gasteiger partial charge in [-0.3, -0.25) is 9.59 Å². The normalized spacial score (nSPS) is 10.4. The fourth-order valence-corrected chi connectivity index (χ4v) is 1.86. The predicted molar refractivity (Wildman–Crippen MR) is 75.3 cm³/mol. The zero-order valence-corrected chi connectivity index (χ0v) is 12.4. The van der Waals surface area contributed by atoms with Crippen LogP contribution < -0.4 is 0 Å². The molecule has 1 amide bonds. The molecule has 0 spiro atoms. The van der Waals surface area contributed by atoms with E-state index in [1.165, 1.54) is 12.0 Å². The number of carbonyl (C=O) groups is 2. The Morgan fingerprint density at radius 3 is 2.40 bits per heavy atom. The van der Waals surface area contributed by atoms with Crippen molar-refractivity contribution in [1.82, 2.24) is 4.90 Å². The first-order chi connectivity index (χ1) is 9.51. The van der Waals surface area contributed by atoms with Crippen LogP contribution in [0.1, 0.15) is 29.8 Å². The van der Waals surface area contributed by atoms with Gasteiger partial charge in [0.2, 0.25) is 0 Å². The lowest BCUT2D eigenvalue weighted by Crippen LogP contribution is -2.41. The zero-order chi connectivity index (χ0) is 15.1. The van der Waals surface area contributed by atoms with E-state index < -0.39 is 5.97 Å². The average Bonchev–Trinajstić information content (AvgIpc) is 2.44. The summed E-state index contributed by atoms with van der Waals surface area (Å²) in [4.78, 5) is 25.5. The third kappa shape index (κ3) is 4.06. The minimum atomic E-state index is -0.434. The van der Waals surface area contributed by atoms with Gasteiger partial charge in [0.1, 0.15) is 6.54 Å². The Balaban J connectivity index is 3.03. The van der Waals surface area contributed by atoms with Gasteiger partial charge in [-0.15, -0.1) is 0 Å². The molecule has 110 valence electrons. The summed E-state index contributed by atoms with van der Waals surface area (Å²) < 4.78 is 9.74. The van der Waals surface area contributed by atoms with E-state index in [9.17, 15) is 9.59 Å². The van der Waals surface area contributed by atoms with Gasteiger partial charge in [-0.25, -0.2) is 0 Å². The molecule has 5 heteroatoms. The molecule has 0 bridgehead atoms. The number of hydrogen-bond acceptors (Lipinski definition) is 4. The van der Waals surface area contributed by atoms with E-state index in [4.69, 9.17) is 4.74 Å². The Labute approximate surface area is 119 Å². The van der Waals surface area contributed by atoms with Crippen LogP contribution >= 0.6 is 0 Å². The minimum absolute atomic E-state index is 0.0612. The molecule has 1 aromatic rings. The van der Waals surface area contributed by atoms with Crippen molar-refractivity contribution in [3.63, 3.8) is 0 Å². The molecule has 0 aromatic heterocycles. The summed E-state index contributed by atoms with van der Waals surface area (Å²) in [6.45, 7) is 4.01. The maximum Gasteiger partial charge on any atom is 0.325 e. The number of methoxy groups -OCH3 is 2. The zero-order valence-electron chi connectivity index (χ0n) is 12.4. The van der Waals surface area contributed by atoms with E-state index >= 15 is 0 Å². The highest BCUT2D eigenvalue weighted by molar-refractivity contribution is 5.97. The molecule has 1 rings (SSSR count). The lowest BCUT2D eigenvalue weighted by molar-refractivity contribution is -0.141. The first-order valence-corrected chi connectivity index (χ1v) is 6.45. The van der Waals surface area contributed by atoms with Gasteiger partial charge in [0.25, 0.3) is 5.91 Å². The van der Waals surface area contributed by atoms with Gasteiger partial charge >= 0.3 is 5.97 Å². The van der Waals surface area contributed by atoms with Gasteiger partial charge in [0.15, 0.2) is 0 Å². The van der Waals surface area contributed by atoms with Crippen molar-refractivity contribution in [2.45, 2.75) is 26.5 Å². The summed E-state index contributed by atoms with van der Waals surface area (Å²) in [5, 5.41) is 0. The third-order valence-electron chi connectivity index (χ3n) is 2.96. The molecule has 0 heterocycles. The molecular formula is C15H21NO4. The minimum Gasteiger partial charge on any atom is -0.468 e. The fourth-order valence-electron chi connectivity index (χ4n) is 1.86. The average molecular weight is 279 g/mol. The molecule has 0 fully saturated rings. The van der Waals surface area contributed by atoms with E-state index in [1.807, 2.05) is 26.0 Å². The molecule has 0 saturated heterocycles. The number of hydrogen-bond donors (Lipinski definition) is 0. The van der Waals surface area contributed by atoms with Crippen LogP contribution in [0.15, 0.2) is 24.3 Å². The van der Waals surface area contributed by atoms with E-state index in [2.05, 4.69) is 4.74 Å². The monoisotopic (exact) mass is 279 g/mol. The summed E-state index contributed by atoms with van der Waals surface area (Å²) in [6, 6.07) is 7.13. The molecule has 0 atom stereocenters. The largest absolute Gasteiger partial charge is 0.468 e. The number of carbonyl (C=O) groups excluding carboxylic acids is 2. The van der Waals surface area contributed by atoms with Crippen LogP contribution in [0.2, 0.25) is 0 Å². The lowest BCUT2D eigenvalue weighted by atomic mass is 10.1. The Morgan fingerprint density at radius 2 is 1.85 bits per heavy atom. The van der Waals surface area contributed by atoms with Crippen LogP contribution in [0.3, 0.4) is 0 Å². The van der Waals surface area contributed by atoms with Gasteiger partial charge in [-0.2, -0.15) is 0 Å². The highest BCUT2D eigenvalue weighted by atomic mass is 16.5. The fraction of sp³-hybridized carbons (Fsp3) is 0.467. The summed E-state index contributed by atoms with van der Waals surface area (Å²) in [5.41, 5.74) is 1.35. The second kappa shape index (κ2) is 7.65. The van der Waals surface area contributed by atoms with Crippen LogP contribution in [-0.2, 0) is 20.9 Å². The van der Waals surface area contributed by atoms with Gasteiger partial charge < -0.3 is 14.4 Å². The maximum absolute atomic E-state index is 12.6. The Bertz CT molecular complexity index is 471. The first-order valence-electron chi connectivity index (χ1n) is 6.45. The van der Waals surface area contributed by atoms with Gasteiger partial charge in [0, 0.05) is 18.7 Å². The van der Waals surface area contributed by atoms with Crippen molar-refractivity contribution in [2.24, 2.45) is 0 Å². The van der Waals surface area contributed by atoms with E-state index in [0.29, 0.717) is 12.2 Å². The van der Waals surface area contributed by atoms with Crippen LogP contribution in [0.4, 0.5) is 0 Å². The molecule has 0 aliphatic rings. The molecule has 20 heavy (non-hydrogen) atoms. The van der Waals surface area contributed by atoms with Gasteiger partial charge in [-0.05, 0) is 25.5 Å². The smallest absolute Gasteiger partial charge is 0.325 e. The highest BCUT2D eigenvalue weighted by Crippen LogP contribution is 2.14. The molecule has 5 nitrogen and oxygen atoms in total. The number of esters is 1. The van der Waals surface area contributed by atoms with Crippen molar-refractivity contribution in [3.05, 3.63) is 35.4 Å². The summed E-state index contributed by atoms with van der Waals surface area (Å²) >= 11 is 0. The van der Waals surface area contributed by atoms with Crippen molar-refractivity contribution in [1.29, 1.82) is 0 Å². The Kier molecular flexibility index (Phi) is 6.18. The summed E-state index contributed by atoms with van der Waals surface area (Å²) in [5.74, 6) is -0.630. The maximum atomic E-state index is 12.6. The number of benzene rings is 1. The molecular weight excluding hydrogens is 258 g/mol. The third-order valence-corrected chi connectivity index (χ3v) is 2.96. The molecule has 0 saturated carbocycles. The summed E-state index contributed by atoms with van der Waals surface area (Å²) in [7, 11) is 2.89. The van der Waals surface area contributed by atoms with Crippen molar-refractivity contribution < 1.29 is 19.1 Å². The van der Waals surface area contributed by atoms with Crippen LogP contribution in [0.25, 0.3) is 0 Å². The number of rotatable bonds is 6. The van der Waals surface area contributed by atoms with Crippen LogP contribution in [0.5, 0.6) is 0 Å². The molecule has 0 aliphatic carbocycles. The molecule has 0 radical (unpaired) electrons. The Hall–Kier alpha value is -1.88. The summed E-state index contributed by atoms with van der Waals surface area (Å²) in [6.07, 6.45) is 0. The predicted octanol–water partition coefficient (Wildman–Crippen LogP) is 1.86. The van der Waals surface area contributed by atoms with E-state index in [-0.39, 0.29) is 18.5 Å². The van der Waals surface area contributed by atoms with Crippen molar-refractivity contribution in [2.75, 3.05) is 20.8 Å². The second-order valence-electron chi connectivity index (χ2n) is 4.69. The van der Waals surface area contributed by atoms with Crippen molar-refractivity contribution >= 4 is 11.9 Å². The van der Waals surface area contributed by atoms with Crippen LogP contribution in [0, 0.1) is 0 Å². The van der Waals surface area contributed by atoms with Gasteiger partial charge in [0.05, 0.1) is 13.7 Å². The topological polar surface area (TPSA) is 55.8 Å². The molecule has 1 aromatic carbocycles. The quantitative estimate of drug-likeness (QED) is 0.746. The number of ether oxygens (including phenoxy) is 2. The number of amides is 1. The van der Waals surface area contributed by atoms with E-state index in [0.717, 1.165) is 5.56 Å². The molecule has 0 N–H and O–H groups in total. The first kappa shape index (κ1) is 16.2. The standard InChI is InChI=1S/C15H21NO4/c1-11(2)16(9-14(17)20-4)15(18)13-8-6-5-7-12(13)10-19-3/h5-8,11H,9-10H2,1-4H3. The SMILES string of the molecule is COCc1ccccc1C(=O)N(CC(=O)OC)C(C)C. The second-order valence-corrected chi connectivity index (χ2v) is 4.69. The van der Waals surface area contributed by atoms with E-state index in [1.54, 1.807) is 19.2 Å². The highest BCUT2D eigenvalue weighted by Gasteiger charge is 2.23. The molecule has 0 aliphatic heterocycles. The number of nitrogens with zero attached hydrogens (tertiary/aromatic N) is 1. The van der Waals surface area contributed by atoms with Gasteiger partial charge in [-0.1, -0.05) is 18.2 Å².